The van der Waals surface area contributed by atoms with E-state index < -0.39 is 11.4 Å². The summed E-state index contributed by atoms with van der Waals surface area (Å²) in [5.41, 5.74) is 0.129. The summed E-state index contributed by atoms with van der Waals surface area (Å²) >= 11 is 0. The van der Waals surface area contributed by atoms with Crippen LogP contribution in [-0.4, -0.2) is 35.4 Å². The molecule has 2 aliphatic heterocycles. The summed E-state index contributed by atoms with van der Waals surface area (Å²) in [6.45, 7) is 1.17. The molecule has 4 rings (SSSR count). The monoisotopic (exact) mass is 287 g/mol. The van der Waals surface area contributed by atoms with Gasteiger partial charge >= 0.3 is 0 Å². The van der Waals surface area contributed by atoms with Crippen LogP contribution in [0.4, 0.5) is 0 Å². The van der Waals surface area contributed by atoms with Crippen molar-refractivity contribution >= 4 is 5.78 Å². The summed E-state index contributed by atoms with van der Waals surface area (Å²) in [6, 6.07) is 5.79. The number of aromatic nitrogens is 1. The lowest BCUT2D eigenvalue weighted by molar-refractivity contribution is -0.214. The molecule has 2 spiro atoms. The van der Waals surface area contributed by atoms with Crippen LogP contribution < -0.4 is 0 Å². The molecule has 1 aromatic rings. The number of rotatable bonds is 1. The zero-order chi connectivity index (χ0) is 14.3. The van der Waals surface area contributed by atoms with Gasteiger partial charge in [0, 0.05) is 30.8 Å². The number of hydrogen-bond acceptors (Lipinski definition) is 5. The standard InChI is InChI=1S/C16H17NO4/c18-14-4-8-19-15(14)5-6-16(20-9-10-21-16)12(11-15)13-3-1-2-7-17-13/h1-4,7-8,12H,5-6,9-11H2. The number of hydrogen-bond donors (Lipinski definition) is 0. The predicted molar refractivity (Wildman–Crippen MR) is 73.4 cm³/mol. The van der Waals surface area contributed by atoms with Crippen molar-refractivity contribution in [1.82, 2.24) is 4.98 Å². The summed E-state index contributed by atoms with van der Waals surface area (Å²) in [7, 11) is 0. The lowest BCUT2D eigenvalue weighted by atomic mass is 9.71. The van der Waals surface area contributed by atoms with Gasteiger partial charge in [-0.05, 0) is 18.6 Å². The summed E-state index contributed by atoms with van der Waals surface area (Å²) in [5, 5.41) is 0. The van der Waals surface area contributed by atoms with E-state index in [0.717, 1.165) is 5.69 Å². The van der Waals surface area contributed by atoms with Gasteiger partial charge in [-0.25, -0.2) is 0 Å². The maximum absolute atomic E-state index is 12.2. The van der Waals surface area contributed by atoms with Crippen LogP contribution in [0, 0.1) is 0 Å². The van der Waals surface area contributed by atoms with Gasteiger partial charge in [0.05, 0.1) is 25.4 Å². The van der Waals surface area contributed by atoms with E-state index >= 15 is 0 Å². The van der Waals surface area contributed by atoms with Crippen molar-refractivity contribution in [3.05, 3.63) is 42.4 Å². The zero-order valence-electron chi connectivity index (χ0n) is 11.7. The lowest BCUT2D eigenvalue weighted by Crippen LogP contribution is -2.52. The number of pyridine rings is 1. The van der Waals surface area contributed by atoms with Gasteiger partial charge in [0.1, 0.15) is 0 Å². The Balaban J connectivity index is 1.72. The van der Waals surface area contributed by atoms with Crippen LogP contribution in [0.2, 0.25) is 0 Å². The third-order valence-corrected chi connectivity index (χ3v) is 4.73. The number of ketones is 1. The normalized spacial score (nSPS) is 33.7. The van der Waals surface area contributed by atoms with E-state index in [2.05, 4.69) is 4.98 Å². The third kappa shape index (κ3) is 1.92. The van der Waals surface area contributed by atoms with Crippen molar-refractivity contribution in [2.24, 2.45) is 0 Å². The topological polar surface area (TPSA) is 57.7 Å². The highest BCUT2D eigenvalue weighted by atomic mass is 16.7. The van der Waals surface area contributed by atoms with Crippen molar-refractivity contribution in [2.75, 3.05) is 13.2 Å². The van der Waals surface area contributed by atoms with Gasteiger partial charge < -0.3 is 14.2 Å². The second-order valence-corrected chi connectivity index (χ2v) is 5.80. The van der Waals surface area contributed by atoms with Crippen LogP contribution in [0.15, 0.2) is 36.7 Å². The summed E-state index contributed by atoms with van der Waals surface area (Å²) in [4.78, 5) is 16.7. The molecule has 1 aliphatic carbocycles. The molecule has 5 nitrogen and oxygen atoms in total. The average molecular weight is 287 g/mol. The summed E-state index contributed by atoms with van der Waals surface area (Å²) < 4.78 is 17.6. The van der Waals surface area contributed by atoms with Crippen LogP contribution >= 0.6 is 0 Å². The number of ether oxygens (including phenoxy) is 3. The van der Waals surface area contributed by atoms with Gasteiger partial charge in [0.2, 0.25) is 5.78 Å². The Bertz CT molecular complexity index is 579. The molecule has 1 saturated carbocycles. The molecular formula is C16H17NO4. The maximum atomic E-state index is 12.2. The first-order valence-corrected chi connectivity index (χ1v) is 7.32. The first kappa shape index (κ1) is 13.0. The Morgan fingerprint density at radius 1 is 1.19 bits per heavy atom. The largest absolute Gasteiger partial charge is 0.487 e. The minimum Gasteiger partial charge on any atom is -0.487 e. The van der Waals surface area contributed by atoms with Gasteiger partial charge in [0.25, 0.3) is 0 Å². The van der Waals surface area contributed by atoms with Crippen molar-refractivity contribution in [3.63, 3.8) is 0 Å². The van der Waals surface area contributed by atoms with Crippen LogP contribution in [0.5, 0.6) is 0 Å². The first-order valence-electron chi connectivity index (χ1n) is 7.32. The first-order chi connectivity index (χ1) is 10.2. The van der Waals surface area contributed by atoms with E-state index in [-0.39, 0.29) is 11.7 Å². The summed E-state index contributed by atoms with van der Waals surface area (Å²) in [5.74, 6) is -0.721. The highest BCUT2D eigenvalue weighted by Gasteiger charge is 2.58. The minimum absolute atomic E-state index is 0.0382. The maximum Gasteiger partial charge on any atom is 0.202 e. The number of carbonyl (C=O) groups excluding carboxylic acids is 1. The van der Waals surface area contributed by atoms with E-state index in [1.54, 1.807) is 6.20 Å². The zero-order valence-corrected chi connectivity index (χ0v) is 11.7. The Kier molecular flexibility index (Phi) is 2.87. The summed E-state index contributed by atoms with van der Waals surface area (Å²) in [6.07, 6.45) is 6.57. The molecule has 2 unspecified atom stereocenters. The molecule has 3 aliphatic rings. The highest BCUT2D eigenvalue weighted by molar-refractivity contribution is 5.98. The SMILES string of the molecule is O=C1C=COC12CCC1(OCCO1)C(c1ccccn1)C2. The Labute approximate surface area is 122 Å². The minimum atomic E-state index is -0.761. The fourth-order valence-electron chi connectivity index (χ4n) is 3.63. The lowest BCUT2D eigenvalue weighted by Gasteiger charge is -2.45. The second kappa shape index (κ2) is 4.64. The number of nitrogens with zero attached hydrogens (tertiary/aromatic N) is 1. The van der Waals surface area contributed by atoms with Crippen LogP contribution in [0.25, 0.3) is 0 Å². The Morgan fingerprint density at radius 2 is 2.05 bits per heavy atom. The number of carbonyl (C=O) groups is 1. The molecular weight excluding hydrogens is 270 g/mol. The Hall–Kier alpha value is -1.72. The molecule has 1 aromatic heterocycles. The molecule has 3 heterocycles. The molecule has 5 heteroatoms. The van der Waals surface area contributed by atoms with Gasteiger partial charge in [-0.1, -0.05) is 6.07 Å². The highest BCUT2D eigenvalue weighted by Crippen LogP contribution is 2.51. The molecule has 0 bridgehead atoms. The van der Waals surface area contributed by atoms with Crippen molar-refractivity contribution < 1.29 is 19.0 Å². The molecule has 2 atom stereocenters. The van der Waals surface area contributed by atoms with Gasteiger partial charge in [-0.15, -0.1) is 0 Å². The van der Waals surface area contributed by atoms with Gasteiger partial charge in [-0.2, -0.15) is 0 Å². The fourth-order valence-corrected chi connectivity index (χ4v) is 3.63. The molecule has 0 N–H and O–H groups in total. The predicted octanol–water partition coefficient (Wildman–Crippen LogP) is 1.94. The van der Waals surface area contributed by atoms with Crippen LogP contribution in [-0.2, 0) is 19.0 Å². The van der Waals surface area contributed by atoms with Crippen molar-refractivity contribution in [3.8, 4) is 0 Å². The van der Waals surface area contributed by atoms with Crippen molar-refractivity contribution in [1.29, 1.82) is 0 Å². The van der Waals surface area contributed by atoms with E-state index in [4.69, 9.17) is 14.2 Å². The third-order valence-electron chi connectivity index (χ3n) is 4.73. The fraction of sp³-hybridized carbons (Fsp3) is 0.500. The Morgan fingerprint density at radius 3 is 2.71 bits per heavy atom. The van der Waals surface area contributed by atoms with Crippen molar-refractivity contribution in [2.45, 2.75) is 36.6 Å². The van der Waals surface area contributed by atoms with E-state index in [1.165, 1.54) is 12.3 Å². The molecule has 0 aromatic carbocycles. The van der Waals surface area contributed by atoms with Gasteiger partial charge in [0.15, 0.2) is 11.4 Å². The smallest absolute Gasteiger partial charge is 0.202 e. The molecule has 0 amide bonds. The molecule has 110 valence electrons. The average Bonchev–Trinajstić information content (AvgIpc) is 3.12. The quantitative estimate of drug-likeness (QED) is 0.790. The second-order valence-electron chi connectivity index (χ2n) is 5.80. The van der Waals surface area contributed by atoms with Gasteiger partial charge in [-0.3, -0.25) is 9.78 Å². The van der Waals surface area contributed by atoms with E-state index in [1.807, 2.05) is 18.2 Å². The van der Waals surface area contributed by atoms with E-state index in [0.29, 0.717) is 32.5 Å². The molecule has 1 saturated heterocycles. The molecule has 0 radical (unpaired) electrons. The van der Waals surface area contributed by atoms with Crippen LogP contribution in [0.3, 0.4) is 0 Å². The van der Waals surface area contributed by atoms with E-state index in [9.17, 15) is 4.79 Å². The molecule has 2 fully saturated rings. The molecule has 21 heavy (non-hydrogen) atoms. The van der Waals surface area contributed by atoms with Crippen LogP contribution in [0.1, 0.15) is 30.9 Å².